The third-order valence-corrected chi connectivity index (χ3v) is 3.77. The number of aromatic nitrogens is 2. The Balaban J connectivity index is 2.31. The first kappa shape index (κ1) is 9.77. The lowest BCUT2D eigenvalue weighted by atomic mass is 10.0. The Morgan fingerprint density at radius 2 is 1.22 bits per heavy atom. The highest BCUT2D eigenvalue weighted by Crippen LogP contribution is 2.48. The van der Waals surface area contributed by atoms with E-state index < -0.39 is 0 Å². The van der Waals surface area contributed by atoms with Gasteiger partial charge in [-0.3, -0.25) is 0 Å². The average molecular weight is 232 g/mol. The molecule has 0 unspecified atom stereocenters. The quantitative estimate of drug-likeness (QED) is 0.459. The van der Waals surface area contributed by atoms with E-state index in [1.165, 1.54) is 33.0 Å². The van der Waals surface area contributed by atoms with Crippen molar-refractivity contribution in [1.82, 2.24) is 10.2 Å². The fraction of sp³-hybridized carbons (Fsp3) is 0.125. The Kier molecular flexibility index (Phi) is 1.72. The molecule has 0 N–H and O–H groups in total. The van der Waals surface area contributed by atoms with Crippen LogP contribution in [0.5, 0.6) is 0 Å². The van der Waals surface area contributed by atoms with Crippen LogP contribution in [0.4, 0.5) is 0 Å². The standard InChI is InChI=1S/C16H12N2/c1-9-14-12-7-3-5-11-6-4-8-13(16(11)12)15(14)10(2)18-17-9/h3-8H,1-2H3. The third-order valence-electron chi connectivity index (χ3n) is 3.77. The second-order valence-electron chi connectivity index (χ2n) is 4.83. The lowest BCUT2D eigenvalue weighted by molar-refractivity contribution is 0.949. The van der Waals surface area contributed by atoms with Crippen molar-refractivity contribution >= 4 is 10.8 Å². The van der Waals surface area contributed by atoms with Gasteiger partial charge in [0.1, 0.15) is 0 Å². The Hall–Kier alpha value is -2.22. The van der Waals surface area contributed by atoms with Crippen molar-refractivity contribution in [3.63, 3.8) is 0 Å². The van der Waals surface area contributed by atoms with E-state index in [1.807, 2.05) is 13.8 Å². The summed E-state index contributed by atoms with van der Waals surface area (Å²) >= 11 is 0. The van der Waals surface area contributed by atoms with Gasteiger partial charge in [0.15, 0.2) is 0 Å². The number of fused-ring (bicyclic) bond motifs is 3. The summed E-state index contributed by atoms with van der Waals surface area (Å²) in [6.07, 6.45) is 0. The van der Waals surface area contributed by atoms with Crippen molar-refractivity contribution in [2.45, 2.75) is 13.8 Å². The molecule has 2 heteroatoms. The van der Waals surface area contributed by atoms with Crippen molar-refractivity contribution in [2.75, 3.05) is 0 Å². The highest BCUT2D eigenvalue weighted by Gasteiger charge is 2.25. The minimum absolute atomic E-state index is 1.01. The van der Waals surface area contributed by atoms with E-state index in [4.69, 9.17) is 0 Å². The fourth-order valence-electron chi connectivity index (χ4n) is 3.03. The minimum atomic E-state index is 1.01. The largest absolute Gasteiger partial charge is 0.155 e. The molecule has 1 aromatic heterocycles. The van der Waals surface area contributed by atoms with Gasteiger partial charge < -0.3 is 0 Å². The Bertz CT molecular complexity index is 740. The highest BCUT2D eigenvalue weighted by atomic mass is 15.1. The summed E-state index contributed by atoms with van der Waals surface area (Å²) in [5.74, 6) is 0. The summed E-state index contributed by atoms with van der Waals surface area (Å²) in [5.41, 5.74) is 7.14. The van der Waals surface area contributed by atoms with Crippen LogP contribution in [0.2, 0.25) is 0 Å². The second kappa shape index (κ2) is 3.16. The van der Waals surface area contributed by atoms with Gasteiger partial charge in [0, 0.05) is 11.1 Å². The molecule has 0 saturated heterocycles. The third kappa shape index (κ3) is 1.03. The van der Waals surface area contributed by atoms with Gasteiger partial charge in [-0.2, -0.15) is 10.2 Å². The molecule has 2 aromatic carbocycles. The van der Waals surface area contributed by atoms with Crippen LogP contribution in [0.1, 0.15) is 11.4 Å². The molecule has 0 spiro atoms. The van der Waals surface area contributed by atoms with Gasteiger partial charge in [0.25, 0.3) is 0 Å². The maximum atomic E-state index is 4.27. The zero-order valence-corrected chi connectivity index (χ0v) is 10.4. The van der Waals surface area contributed by atoms with Crippen LogP contribution >= 0.6 is 0 Å². The molecule has 0 bridgehead atoms. The van der Waals surface area contributed by atoms with Crippen LogP contribution in [-0.4, -0.2) is 10.2 Å². The molecule has 0 atom stereocenters. The lowest BCUT2D eigenvalue weighted by Crippen LogP contribution is -1.95. The number of benzene rings is 2. The SMILES string of the molecule is Cc1nnc(C)c2c1-c1cccc3cccc-2c13. The molecule has 0 aliphatic heterocycles. The Morgan fingerprint density at radius 3 is 1.72 bits per heavy atom. The number of hydrogen-bond donors (Lipinski definition) is 0. The van der Waals surface area contributed by atoms with E-state index in [2.05, 4.69) is 46.6 Å². The molecule has 1 aliphatic rings. The molecule has 1 aliphatic carbocycles. The summed E-state index contributed by atoms with van der Waals surface area (Å²) < 4.78 is 0. The molecule has 1 heterocycles. The predicted molar refractivity (Wildman–Crippen MR) is 73.4 cm³/mol. The van der Waals surface area contributed by atoms with Gasteiger partial charge in [-0.15, -0.1) is 0 Å². The fourth-order valence-corrected chi connectivity index (χ4v) is 3.03. The van der Waals surface area contributed by atoms with Crippen LogP contribution in [0.3, 0.4) is 0 Å². The topological polar surface area (TPSA) is 25.8 Å². The van der Waals surface area contributed by atoms with Crippen LogP contribution < -0.4 is 0 Å². The minimum Gasteiger partial charge on any atom is -0.155 e. The molecule has 3 aromatic rings. The molecular weight excluding hydrogens is 220 g/mol. The van der Waals surface area contributed by atoms with Gasteiger partial charge in [-0.25, -0.2) is 0 Å². The number of nitrogens with zero attached hydrogens (tertiary/aromatic N) is 2. The predicted octanol–water partition coefficient (Wildman–Crippen LogP) is 3.89. The molecule has 18 heavy (non-hydrogen) atoms. The summed E-state index contributed by atoms with van der Waals surface area (Å²) in [7, 11) is 0. The average Bonchev–Trinajstić information content (AvgIpc) is 2.73. The first-order chi connectivity index (χ1) is 8.77. The van der Waals surface area contributed by atoms with Crippen LogP contribution in [0.25, 0.3) is 33.0 Å². The lowest BCUT2D eigenvalue weighted by Gasteiger charge is -2.06. The molecule has 0 radical (unpaired) electrons. The smallest absolute Gasteiger partial charge is 0.0685 e. The maximum absolute atomic E-state index is 4.27. The van der Waals surface area contributed by atoms with Crippen molar-refractivity contribution < 1.29 is 0 Å². The number of aryl methyl sites for hydroxylation is 2. The van der Waals surface area contributed by atoms with E-state index in [0.29, 0.717) is 0 Å². The summed E-state index contributed by atoms with van der Waals surface area (Å²) in [6.45, 7) is 4.08. The number of hydrogen-bond acceptors (Lipinski definition) is 2. The molecule has 86 valence electrons. The summed E-state index contributed by atoms with van der Waals surface area (Å²) in [4.78, 5) is 0. The second-order valence-corrected chi connectivity index (χ2v) is 4.83. The first-order valence-electron chi connectivity index (χ1n) is 6.14. The molecule has 2 nitrogen and oxygen atoms in total. The van der Waals surface area contributed by atoms with Gasteiger partial charge in [0.05, 0.1) is 11.4 Å². The van der Waals surface area contributed by atoms with Crippen LogP contribution in [0, 0.1) is 13.8 Å². The van der Waals surface area contributed by atoms with Gasteiger partial charge in [-0.1, -0.05) is 36.4 Å². The van der Waals surface area contributed by atoms with Gasteiger partial charge in [-0.05, 0) is 35.7 Å². The molecule has 4 rings (SSSR count). The molecular formula is C16H12N2. The Labute approximate surface area is 105 Å². The van der Waals surface area contributed by atoms with Crippen molar-refractivity contribution in [3.05, 3.63) is 47.8 Å². The van der Waals surface area contributed by atoms with Gasteiger partial charge in [0.2, 0.25) is 0 Å². The van der Waals surface area contributed by atoms with Gasteiger partial charge >= 0.3 is 0 Å². The van der Waals surface area contributed by atoms with Crippen LogP contribution in [-0.2, 0) is 0 Å². The van der Waals surface area contributed by atoms with Crippen molar-refractivity contribution in [1.29, 1.82) is 0 Å². The van der Waals surface area contributed by atoms with Crippen LogP contribution in [0.15, 0.2) is 36.4 Å². The van der Waals surface area contributed by atoms with Crippen molar-refractivity contribution in [2.24, 2.45) is 0 Å². The van der Waals surface area contributed by atoms with E-state index in [0.717, 1.165) is 11.4 Å². The molecule has 0 saturated carbocycles. The highest BCUT2D eigenvalue weighted by molar-refractivity contribution is 6.15. The zero-order chi connectivity index (χ0) is 12.3. The number of rotatable bonds is 0. The normalized spacial score (nSPS) is 11.9. The summed E-state index contributed by atoms with van der Waals surface area (Å²) in [5, 5.41) is 11.2. The summed E-state index contributed by atoms with van der Waals surface area (Å²) in [6, 6.07) is 12.9. The maximum Gasteiger partial charge on any atom is 0.0685 e. The monoisotopic (exact) mass is 232 g/mol. The van der Waals surface area contributed by atoms with E-state index in [1.54, 1.807) is 0 Å². The zero-order valence-electron chi connectivity index (χ0n) is 10.4. The Morgan fingerprint density at radius 1 is 0.722 bits per heavy atom. The van der Waals surface area contributed by atoms with E-state index in [-0.39, 0.29) is 0 Å². The van der Waals surface area contributed by atoms with E-state index >= 15 is 0 Å². The molecule has 0 fully saturated rings. The molecule has 0 amide bonds. The van der Waals surface area contributed by atoms with E-state index in [9.17, 15) is 0 Å². The van der Waals surface area contributed by atoms with Crippen molar-refractivity contribution in [3.8, 4) is 22.3 Å². The first-order valence-corrected chi connectivity index (χ1v) is 6.14.